The Morgan fingerprint density at radius 1 is 0.829 bits per heavy atom. The number of ether oxygens (including phenoxy) is 1. The van der Waals surface area contributed by atoms with Crippen LogP contribution in [0, 0.1) is 0 Å². The van der Waals surface area contributed by atoms with E-state index in [1.54, 1.807) is 0 Å². The summed E-state index contributed by atoms with van der Waals surface area (Å²) in [5.41, 5.74) is 1.26. The van der Waals surface area contributed by atoms with Crippen LogP contribution in [0.2, 0.25) is 0 Å². The summed E-state index contributed by atoms with van der Waals surface area (Å²) < 4.78 is 36.9. The predicted octanol–water partition coefficient (Wildman–Crippen LogP) is 6.87. The SMILES string of the molecule is CCCCCCCCCCCCC(Oc1ccc(CCCCCC)cc1)C(=O)NCCS(=O)(=O)O. The second-order valence-corrected chi connectivity index (χ2v) is 11.2. The van der Waals surface area contributed by atoms with Crippen molar-refractivity contribution in [3.8, 4) is 5.75 Å². The maximum atomic E-state index is 12.7. The number of carbonyl (C=O) groups is 1. The first-order chi connectivity index (χ1) is 16.9. The van der Waals surface area contributed by atoms with Crippen molar-refractivity contribution in [1.29, 1.82) is 0 Å². The van der Waals surface area contributed by atoms with Crippen molar-refractivity contribution in [1.82, 2.24) is 5.32 Å². The number of amides is 1. The van der Waals surface area contributed by atoms with Crippen LogP contribution in [0.1, 0.15) is 116 Å². The van der Waals surface area contributed by atoms with Crippen molar-refractivity contribution >= 4 is 16.0 Å². The smallest absolute Gasteiger partial charge is 0.266 e. The summed E-state index contributed by atoms with van der Waals surface area (Å²) >= 11 is 0. The average Bonchev–Trinajstić information content (AvgIpc) is 2.82. The number of carbonyl (C=O) groups excluding carboxylic acids is 1. The zero-order chi connectivity index (χ0) is 25.8. The molecule has 0 aliphatic heterocycles. The summed E-state index contributed by atoms with van der Waals surface area (Å²) in [6.45, 7) is 4.31. The molecule has 0 radical (unpaired) electrons. The molecular formula is C28H49NO5S. The van der Waals surface area contributed by atoms with Crippen LogP contribution in [0.4, 0.5) is 0 Å². The molecule has 0 aliphatic carbocycles. The van der Waals surface area contributed by atoms with Crippen LogP contribution in [0.5, 0.6) is 5.75 Å². The first-order valence-electron chi connectivity index (χ1n) is 13.8. The van der Waals surface area contributed by atoms with E-state index in [9.17, 15) is 13.2 Å². The van der Waals surface area contributed by atoms with E-state index in [2.05, 4.69) is 31.3 Å². The van der Waals surface area contributed by atoms with Gasteiger partial charge in [-0.1, -0.05) is 103 Å². The fourth-order valence-electron chi connectivity index (χ4n) is 4.13. The standard InChI is InChI=1S/C28H49NO5S/c1-3-5-7-9-10-11-12-13-14-16-18-27(28(30)29-23-24-35(31,32)33)34-26-21-19-25(20-22-26)17-15-8-6-4-2/h19-22,27H,3-18,23-24H2,1-2H3,(H,29,30)(H,31,32,33). The van der Waals surface area contributed by atoms with Gasteiger partial charge in [-0.3, -0.25) is 9.35 Å². The highest BCUT2D eigenvalue weighted by Gasteiger charge is 2.20. The van der Waals surface area contributed by atoms with Crippen LogP contribution >= 0.6 is 0 Å². The van der Waals surface area contributed by atoms with Crippen LogP contribution in [0.15, 0.2) is 24.3 Å². The third-order valence-electron chi connectivity index (χ3n) is 6.29. The zero-order valence-electron chi connectivity index (χ0n) is 22.1. The highest BCUT2D eigenvalue weighted by atomic mass is 32.2. The van der Waals surface area contributed by atoms with Gasteiger partial charge in [-0.05, 0) is 43.4 Å². The fraction of sp³-hybridized carbons (Fsp3) is 0.750. The maximum absolute atomic E-state index is 12.7. The molecule has 0 fully saturated rings. The Morgan fingerprint density at radius 3 is 1.89 bits per heavy atom. The molecule has 1 amide bonds. The second-order valence-electron chi connectivity index (χ2n) is 9.61. The topological polar surface area (TPSA) is 92.7 Å². The third-order valence-corrected chi connectivity index (χ3v) is 7.01. The molecule has 0 saturated carbocycles. The van der Waals surface area contributed by atoms with E-state index in [1.165, 1.54) is 76.2 Å². The Hall–Kier alpha value is -1.60. The molecule has 0 aromatic heterocycles. The molecule has 202 valence electrons. The van der Waals surface area contributed by atoms with Gasteiger partial charge in [-0.25, -0.2) is 0 Å². The molecule has 1 rings (SSSR count). The second kappa shape index (κ2) is 19.6. The predicted molar refractivity (Wildman–Crippen MR) is 145 cm³/mol. The molecular weight excluding hydrogens is 462 g/mol. The number of aryl methyl sites for hydroxylation is 1. The molecule has 0 bridgehead atoms. The average molecular weight is 512 g/mol. The molecule has 0 spiro atoms. The summed E-state index contributed by atoms with van der Waals surface area (Å²) in [5.74, 6) is -0.200. The summed E-state index contributed by atoms with van der Waals surface area (Å²) in [6, 6.07) is 7.92. The van der Waals surface area contributed by atoms with E-state index in [4.69, 9.17) is 9.29 Å². The van der Waals surface area contributed by atoms with Gasteiger partial charge < -0.3 is 10.1 Å². The number of benzene rings is 1. The lowest BCUT2D eigenvalue weighted by Crippen LogP contribution is -2.40. The number of hydrogen-bond donors (Lipinski definition) is 2. The molecule has 0 saturated heterocycles. The van der Waals surface area contributed by atoms with E-state index >= 15 is 0 Å². The minimum absolute atomic E-state index is 0.133. The van der Waals surface area contributed by atoms with Crippen LogP contribution in [-0.2, 0) is 21.3 Å². The van der Waals surface area contributed by atoms with Crippen LogP contribution in [0.3, 0.4) is 0 Å². The van der Waals surface area contributed by atoms with Gasteiger partial charge in [-0.15, -0.1) is 0 Å². The molecule has 0 heterocycles. The van der Waals surface area contributed by atoms with Crippen molar-refractivity contribution in [2.45, 2.75) is 123 Å². The van der Waals surface area contributed by atoms with Gasteiger partial charge in [0.25, 0.3) is 16.0 Å². The molecule has 1 aromatic carbocycles. The van der Waals surface area contributed by atoms with Crippen molar-refractivity contribution in [2.75, 3.05) is 12.3 Å². The Morgan fingerprint density at radius 2 is 1.34 bits per heavy atom. The van der Waals surface area contributed by atoms with Crippen LogP contribution in [-0.4, -0.2) is 37.3 Å². The van der Waals surface area contributed by atoms with Crippen LogP contribution in [0.25, 0.3) is 0 Å². The quantitative estimate of drug-likeness (QED) is 0.131. The minimum Gasteiger partial charge on any atom is -0.481 e. The number of hydrogen-bond acceptors (Lipinski definition) is 4. The zero-order valence-corrected chi connectivity index (χ0v) is 22.9. The van der Waals surface area contributed by atoms with E-state index in [1.807, 2.05) is 12.1 Å². The van der Waals surface area contributed by atoms with Gasteiger partial charge >= 0.3 is 0 Å². The van der Waals surface area contributed by atoms with Gasteiger partial charge in [0.15, 0.2) is 6.10 Å². The van der Waals surface area contributed by atoms with Gasteiger partial charge in [0.05, 0.1) is 5.75 Å². The highest BCUT2D eigenvalue weighted by molar-refractivity contribution is 7.85. The fourth-order valence-corrected chi connectivity index (χ4v) is 4.49. The first kappa shape index (κ1) is 31.4. The van der Waals surface area contributed by atoms with Crippen molar-refractivity contribution < 1.29 is 22.5 Å². The Balaban J connectivity index is 2.49. The summed E-state index contributed by atoms with van der Waals surface area (Å²) in [4.78, 5) is 12.7. The largest absolute Gasteiger partial charge is 0.481 e. The van der Waals surface area contributed by atoms with Gasteiger partial charge in [0, 0.05) is 6.54 Å². The number of unbranched alkanes of at least 4 members (excludes halogenated alkanes) is 12. The van der Waals surface area contributed by atoms with E-state index in [-0.39, 0.29) is 12.5 Å². The monoisotopic (exact) mass is 511 g/mol. The van der Waals surface area contributed by atoms with Crippen LogP contribution < -0.4 is 10.1 Å². The molecule has 1 unspecified atom stereocenters. The van der Waals surface area contributed by atoms with Gasteiger partial charge in [-0.2, -0.15) is 8.42 Å². The molecule has 35 heavy (non-hydrogen) atoms. The van der Waals surface area contributed by atoms with E-state index in [0.29, 0.717) is 12.2 Å². The van der Waals surface area contributed by atoms with Crippen molar-refractivity contribution in [3.05, 3.63) is 29.8 Å². The Kier molecular flexibility index (Phi) is 17.6. The Bertz CT molecular complexity index is 764. The third kappa shape index (κ3) is 17.5. The lowest BCUT2D eigenvalue weighted by molar-refractivity contribution is -0.128. The molecule has 6 nitrogen and oxygen atoms in total. The maximum Gasteiger partial charge on any atom is 0.266 e. The molecule has 0 aliphatic rings. The minimum atomic E-state index is -4.11. The Labute approximate surface area is 214 Å². The highest BCUT2D eigenvalue weighted by Crippen LogP contribution is 2.19. The first-order valence-corrected chi connectivity index (χ1v) is 15.4. The van der Waals surface area contributed by atoms with Crippen molar-refractivity contribution in [3.63, 3.8) is 0 Å². The summed E-state index contributed by atoms with van der Waals surface area (Å²) in [6.07, 6.45) is 18.0. The van der Waals surface area contributed by atoms with Gasteiger partial charge in [0.1, 0.15) is 5.75 Å². The molecule has 1 atom stereocenters. The lowest BCUT2D eigenvalue weighted by Gasteiger charge is -2.19. The van der Waals surface area contributed by atoms with E-state index < -0.39 is 22.0 Å². The molecule has 1 aromatic rings. The van der Waals surface area contributed by atoms with Crippen molar-refractivity contribution in [2.24, 2.45) is 0 Å². The van der Waals surface area contributed by atoms with E-state index in [0.717, 1.165) is 25.7 Å². The number of nitrogens with one attached hydrogen (secondary N) is 1. The lowest BCUT2D eigenvalue weighted by atomic mass is 10.0. The molecule has 2 N–H and O–H groups in total. The summed E-state index contributed by atoms with van der Waals surface area (Å²) in [7, 11) is -4.11. The number of rotatable bonds is 22. The molecule has 7 heteroatoms. The van der Waals surface area contributed by atoms with Gasteiger partial charge in [0.2, 0.25) is 0 Å². The summed E-state index contributed by atoms with van der Waals surface area (Å²) in [5, 5.41) is 2.59. The normalized spacial score (nSPS) is 12.4.